The number of rotatable bonds is 12. The molecule has 3 atom stereocenters. The molecule has 3 aliphatic rings. The minimum Gasteiger partial charge on any atom is -0.489 e. The van der Waals surface area contributed by atoms with E-state index >= 15 is 0 Å². The number of hydrogen-bond acceptors (Lipinski definition) is 4. The zero-order valence-corrected chi connectivity index (χ0v) is 27.0. The van der Waals surface area contributed by atoms with Gasteiger partial charge in [0.05, 0.1) is 6.61 Å². The van der Waals surface area contributed by atoms with Crippen molar-refractivity contribution in [2.75, 3.05) is 26.2 Å². The number of nitrogens with zero attached hydrogens (tertiary/aromatic N) is 2. The predicted molar refractivity (Wildman–Crippen MR) is 176 cm³/mol. The second-order valence-corrected chi connectivity index (χ2v) is 13.1. The second-order valence-electron chi connectivity index (χ2n) is 12.3. The van der Waals surface area contributed by atoms with Crippen LogP contribution >= 0.6 is 23.2 Å². The van der Waals surface area contributed by atoms with Crippen LogP contribution in [0.25, 0.3) is 5.57 Å². The number of carbonyl (C=O) groups is 1. The van der Waals surface area contributed by atoms with Crippen molar-refractivity contribution in [3.8, 4) is 5.75 Å². The maximum absolute atomic E-state index is 14.0. The summed E-state index contributed by atoms with van der Waals surface area (Å²) in [5.41, 5.74) is 4.60. The average Bonchev–Trinajstić information content (AvgIpc) is 3.87. The van der Waals surface area contributed by atoms with E-state index in [0.717, 1.165) is 72.9 Å². The fourth-order valence-corrected chi connectivity index (χ4v) is 7.16. The number of carbonyl (C=O) groups excluding carboxylic acids is 1. The summed E-state index contributed by atoms with van der Waals surface area (Å²) < 4.78 is 33.2. The summed E-state index contributed by atoms with van der Waals surface area (Å²) in [7, 11) is 0. The average molecular weight is 655 g/mol. The van der Waals surface area contributed by atoms with E-state index in [1.807, 2.05) is 18.2 Å². The molecule has 0 aromatic heterocycles. The highest BCUT2D eigenvalue weighted by molar-refractivity contribution is 6.32. The molecule has 3 aromatic carbocycles. The first-order valence-electron chi connectivity index (χ1n) is 15.9. The fraction of sp³-hybridized carbons (Fsp3) is 0.417. The van der Waals surface area contributed by atoms with Gasteiger partial charge in [0.25, 0.3) is 0 Å². The lowest BCUT2D eigenvalue weighted by Crippen LogP contribution is -2.61. The van der Waals surface area contributed by atoms with Crippen molar-refractivity contribution in [3.63, 3.8) is 0 Å². The summed E-state index contributed by atoms with van der Waals surface area (Å²) in [5.74, 6) is -1.36. The van der Waals surface area contributed by atoms with E-state index in [1.165, 1.54) is 5.57 Å². The molecule has 2 aliphatic heterocycles. The molecule has 1 aliphatic carbocycles. The first-order chi connectivity index (χ1) is 21.8. The van der Waals surface area contributed by atoms with Gasteiger partial charge in [-0.2, -0.15) is 0 Å². The van der Waals surface area contributed by atoms with Gasteiger partial charge in [-0.3, -0.25) is 9.69 Å². The van der Waals surface area contributed by atoms with Crippen LogP contribution in [0, 0.1) is 17.6 Å². The molecule has 1 N–H and O–H groups in total. The molecule has 1 saturated heterocycles. The third-order valence-electron chi connectivity index (χ3n) is 9.14. The van der Waals surface area contributed by atoms with Gasteiger partial charge in [0.15, 0.2) is 11.6 Å². The Labute approximate surface area is 274 Å². The quantitative estimate of drug-likeness (QED) is 0.162. The van der Waals surface area contributed by atoms with Crippen LogP contribution in [0.4, 0.5) is 8.78 Å². The normalized spacial score (nSPS) is 21.4. The van der Waals surface area contributed by atoms with E-state index in [9.17, 15) is 13.6 Å². The fourth-order valence-electron chi connectivity index (χ4n) is 6.76. The van der Waals surface area contributed by atoms with Crippen LogP contribution in [0.15, 0.2) is 66.7 Å². The minimum absolute atomic E-state index is 0.0424. The first kappa shape index (κ1) is 32.0. The molecule has 2 fully saturated rings. The molecule has 3 aromatic rings. The number of fused-ring (bicyclic) bond motifs is 2. The maximum Gasteiger partial charge on any atom is 0.223 e. The summed E-state index contributed by atoms with van der Waals surface area (Å²) in [6, 6.07) is 19.2. The molecule has 0 unspecified atom stereocenters. The van der Waals surface area contributed by atoms with E-state index in [2.05, 4.69) is 58.4 Å². The van der Waals surface area contributed by atoms with Gasteiger partial charge in [-0.1, -0.05) is 71.7 Å². The van der Waals surface area contributed by atoms with Crippen LogP contribution in [0.1, 0.15) is 49.3 Å². The molecule has 5 nitrogen and oxygen atoms in total. The first-order valence-corrected chi connectivity index (χ1v) is 16.6. The Hall–Kier alpha value is -2.97. The molecule has 238 valence electrons. The Balaban J connectivity index is 1.15. The highest BCUT2D eigenvalue weighted by atomic mass is 35.5. The Bertz CT molecular complexity index is 1550. The van der Waals surface area contributed by atoms with Gasteiger partial charge < -0.3 is 15.0 Å². The number of aryl methyl sites for hydroxylation is 1. The summed E-state index contributed by atoms with van der Waals surface area (Å²) in [4.78, 5) is 18.1. The molecular formula is C36H39Cl2F2N3O2. The van der Waals surface area contributed by atoms with Crippen LogP contribution < -0.4 is 10.1 Å². The third kappa shape index (κ3) is 7.54. The molecule has 0 radical (unpaired) electrons. The molecule has 0 spiro atoms. The van der Waals surface area contributed by atoms with E-state index < -0.39 is 11.6 Å². The lowest BCUT2D eigenvalue weighted by molar-refractivity contribution is -0.132. The van der Waals surface area contributed by atoms with Crippen molar-refractivity contribution in [1.82, 2.24) is 15.1 Å². The largest absolute Gasteiger partial charge is 0.489 e. The van der Waals surface area contributed by atoms with Gasteiger partial charge in [0.1, 0.15) is 10.8 Å². The molecule has 2 heterocycles. The molecular weight excluding hydrogens is 615 g/mol. The van der Waals surface area contributed by atoms with Crippen molar-refractivity contribution >= 4 is 34.7 Å². The van der Waals surface area contributed by atoms with Crippen LogP contribution in [-0.2, 0) is 17.8 Å². The van der Waals surface area contributed by atoms with Gasteiger partial charge in [-0.15, -0.1) is 0 Å². The number of halogens is 4. The summed E-state index contributed by atoms with van der Waals surface area (Å²) in [5, 5.41) is 4.26. The van der Waals surface area contributed by atoms with Crippen molar-refractivity contribution in [2.45, 2.75) is 63.7 Å². The molecule has 6 rings (SSSR count). The van der Waals surface area contributed by atoms with E-state index in [1.54, 1.807) is 0 Å². The maximum atomic E-state index is 14.0. The molecule has 1 saturated carbocycles. The Morgan fingerprint density at radius 3 is 2.51 bits per heavy atom. The number of ether oxygens (including phenoxy) is 1. The van der Waals surface area contributed by atoms with Crippen molar-refractivity contribution in [2.24, 2.45) is 5.92 Å². The lowest BCUT2D eigenvalue weighted by atomic mass is 9.78. The zero-order chi connectivity index (χ0) is 31.5. The number of amides is 1. The van der Waals surface area contributed by atoms with Gasteiger partial charge in [-0.25, -0.2) is 8.78 Å². The lowest BCUT2D eigenvalue weighted by Gasteiger charge is -2.46. The highest BCUT2D eigenvalue weighted by Gasteiger charge is 2.40. The molecule has 45 heavy (non-hydrogen) atoms. The van der Waals surface area contributed by atoms with Crippen molar-refractivity contribution in [3.05, 3.63) is 105 Å². The van der Waals surface area contributed by atoms with E-state index in [4.69, 9.17) is 27.9 Å². The third-order valence-corrected chi connectivity index (χ3v) is 9.87. The molecule has 2 bridgehead atoms. The Morgan fingerprint density at radius 2 is 1.78 bits per heavy atom. The topological polar surface area (TPSA) is 44.8 Å². The number of hydrogen-bond donors (Lipinski definition) is 1. The van der Waals surface area contributed by atoms with Crippen LogP contribution in [-0.4, -0.2) is 60.1 Å². The van der Waals surface area contributed by atoms with Crippen LogP contribution in [0.3, 0.4) is 0 Å². The monoisotopic (exact) mass is 653 g/mol. The number of piperazine rings is 1. The van der Waals surface area contributed by atoms with Crippen molar-refractivity contribution in [1.29, 1.82) is 0 Å². The summed E-state index contributed by atoms with van der Waals surface area (Å²) >= 11 is 12.4. The van der Waals surface area contributed by atoms with E-state index in [0.29, 0.717) is 25.3 Å². The molecule has 1 amide bonds. The van der Waals surface area contributed by atoms with Gasteiger partial charge in [-0.05, 0) is 73.1 Å². The SMILES string of the molecule is CCN(C(=O)C[C@@H]1C(c2ccc(CCCOc3c(F)ccc(F)c3Cl)cc2)=C[C@@H]2CN(Cc3ccccc3Cl)C[C@H]1N2)C1CC1. The highest BCUT2D eigenvalue weighted by Crippen LogP contribution is 2.38. The minimum atomic E-state index is -0.705. The summed E-state index contributed by atoms with van der Waals surface area (Å²) in [6.07, 6.45) is 6.32. The number of nitrogens with one attached hydrogen (secondary N) is 1. The van der Waals surface area contributed by atoms with Gasteiger partial charge in [0.2, 0.25) is 5.91 Å². The zero-order valence-electron chi connectivity index (χ0n) is 25.5. The van der Waals surface area contributed by atoms with Gasteiger partial charge >= 0.3 is 0 Å². The standard InChI is InChI=1S/C36H39Cl2F2N3O2/c1-2-43(27-13-14-27)34(44)19-29-28(18-26-21-42(22-33(29)41-26)20-25-7-3-4-8-30(25)37)24-11-9-23(10-12-24)6-5-17-45-36-32(40)16-15-31(39)35(36)38/h3-4,7-12,15-16,18,26-27,29,33,41H,2,5-6,13-14,17,19-22H2,1H3/t26-,29-,33-/m1/s1. The number of benzene rings is 3. The van der Waals surface area contributed by atoms with Crippen LogP contribution in [0.2, 0.25) is 10.0 Å². The smallest absolute Gasteiger partial charge is 0.223 e. The van der Waals surface area contributed by atoms with Gasteiger partial charge in [0, 0.05) is 61.7 Å². The van der Waals surface area contributed by atoms with Crippen molar-refractivity contribution < 1.29 is 18.3 Å². The summed E-state index contributed by atoms with van der Waals surface area (Å²) in [6.45, 7) is 5.50. The van der Waals surface area contributed by atoms with Crippen LogP contribution in [0.5, 0.6) is 5.75 Å². The Morgan fingerprint density at radius 1 is 1.02 bits per heavy atom. The molecule has 9 heteroatoms. The predicted octanol–water partition coefficient (Wildman–Crippen LogP) is 7.54. The second kappa shape index (κ2) is 14.2. The van der Waals surface area contributed by atoms with E-state index in [-0.39, 0.29) is 41.3 Å². The Kier molecular flexibility index (Phi) is 10.1.